The number of alkyl halides is 1. The maximum atomic E-state index is 6.34. The van der Waals surface area contributed by atoms with Gasteiger partial charge in [-0.2, -0.15) is 0 Å². The molecule has 0 saturated carbocycles. The zero-order chi connectivity index (χ0) is 15.4. The van der Waals surface area contributed by atoms with Crippen molar-refractivity contribution in [3.8, 4) is 5.75 Å². The maximum Gasteiger partial charge on any atom is 0.127 e. The Morgan fingerprint density at radius 1 is 1.29 bits per heavy atom. The Morgan fingerprint density at radius 3 is 2.67 bits per heavy atom. The van der Waals surface area contributed by atoms with Crippen LogP contribution in [0.5, 0.6) is 5.75 Å². The van der Waals surface area contributed by atoms with Gasteiger partial charge in [0.15, 0.2) is 0 Å². The largest absolute Gasteiger partial charge is 0.497 e. The second kappa shape index (κ2) is 7.17. The molecule has 1 aromatic carbocycles. The maximum absolute atomic E-state index is 6.34. The van der Waals surface area contributed by atoms with Gasteiger partial charge in [-0.3, -0.25) is 0 Å². The quantitative estimate of drug-likeness (QED) is 0.500. The van der Waals surface area contributed by atoms with E-state index in [1.165, 1.54) is 19.3 Å². The third-order valence-electron chi connectivity index (χ3n) is 3.95. The molecular weight excluding hydrogens is 284 g/mol. The number of methoxy groups -OCH3 is 1. The van der Waals surface area contributed by atoms with Crippen molar-refractivity contribution in [2.24, 2.45) is 0 Å². The highest BCUT2D eigenvalue weighted by Crippen LogP contribution is 2.31. The Hall–Kier alpha value is -1.22. The summed E-state index contributed by atoms with van der Waals surface area (Å²) in [6.07, 6.45) is 4.91. The predicted octanol–water partition coefficient (Wildman–Crippen LogP) is 5.49. The third kappa shape index (κ3) is 3.52. The van der Waals surface area contributed by atoms with Gasteiger partial charge in [0.25, 0.3) is 0 Å². The molecule has 1 aromatic heterocycles. The van der Waals surface area contributed by atoms with E-state index in [4.69, 9.17) is 21.3 Å². The average molecular weight is 309 g/mol. The molecule has 3 nitrogen and oxygen atoms in total. The Labute approximate surface area is 132 Å². The van der Waals surface area contributed by atoms with Gasteiger partial charge in [-0.25, -0.2) is 4.98 Å². The van der Waals surface area contributed by atoms with E-state index >= 15 is 0 Å². The van der Waals surface area contributed by atoms with E-state index in [-0.39, 0.29) is 5.38 Å². The third-order valence-corrected chi connectivity index (χ3v) is 4.14. The number of fused-ring (bicyclic) bond motifs is 1. The summed E-state index contributed by atoms with van der Waals surface area (Å²) >= 11 is 6.34. The van der Waals surface area contributed by atoms with Gasteiger partial charge in [0.05, 0.1) is 23.5 Å². The molecule has 0 N–H and O–H groups in total. The first-order chi connectivity index (χ1) is 10.1. The number of imidazole rings is 1. The molecule has 2 aromatic rings. The molecule has 1 heterocycles. The second-order valence-electron chi connectivity index (χ2n) is 5.66. The summed E-state index contributed by atoms with van der Waals surface area (Å²) in [5, 5.41) is -0.1000. The number of benzene rings is 1. The van der Waals surface area contributed by atoms with Gasteiger partial charge in [-0.15, -0.1) is 11.6 Å². The van der Waals surface area contributed by atoms with Gasteiger partial charge in [0.1, 0.15) is 11.6 Å². The molecule has 116 valence electrons. The smallest absolute Gasteiger partial charge is 0.127 e. The summed E-state index contributed by atoms with van der Waals surface area (Å²) in [5.41, 5.74) is 2.10. The zero-order valence-electron chi connectivity index (χ0n) is 13.4. The van der Waals surface area contributed by atoms with Crippen LogP contribution in [0.1, 0.15) is 63.7 Å². The summed E-state index contributed by atoms with van der Waals surface area (Å²) in [7, 11) is 1.68. The average Bonchev–Trinajstić information content (AvgIpc) is 2.86. The van der Waals surface area contributed by atoms with Gasteiger partial charge < -0.3 is 9.30 Å². The highest BCUT2D eigenvalue weighted by molar-refractivity contribution is 6.20. The molecular formula is C17H25ClN2O. The molecule has 0 bridgehead atoms. The van der Waals surface area contributed by atoms with E-state index in [0.717, 1.165) is 29.0 Å². The molecule has 0 saturated heterocycles. The summed E-state index contributed by atoms with van der Waals surface area (Å²) in [4.78, 5) is 4.72. The van der Waals surface area contributed by atoms with E-state index in [1.807, 2.05) is 19.1 Å². The van der Waals surface area contributed by atoms with E-state index in [1.54, 1.807) is 7.11 Å². The molecule has 0 aliphatic rings. The van der Waals surface area contributed by atoms with Crippen molar-refractivity contribution < 1.29 is 4.74 Å². The summed E-state index contributed by atoms with van der Waals surface area (Å²) < 4.78 is 7.58. The van der Waals surface area contributed by atoms with E-state index in [9.17, 15) is 0 Å². The zero-order valence-corrected chi connectivity index (χ0v) is 14.2. The lowest BCUT2D eigenvalue weighted by atomic mass is 10.1. The van der Waals surface area contributed by atoms with Crippen LogP contribution in [0.4, 0.5) is 0 Å². The SMILES string of the molecule is CCCCCC(C)n1c(C(C)Cl)nc2cc(OC)ccc21. The molecule has 0 aliphatic carbocycles. The minimum Gasteiger partial charge on any atom is -0.497 e. The molecule has 0 aliphatic heterocycles. The fourth-order valence-electron chi connectivity index (χ4n) is 2.79. The summed E-state index contributed by atoms with van der Waals surface area (Å²) in [6.45, 7) is 6.47. The number of ether oxygens (including phenoxy) is 1. The van der Waals surface area contributed by atoms with Gasteiger partial charge >= 0.3 is 0 Å². The molecule has 0 amide bonds. The van der Waals surface area contributed by atoms with Crippen molar-refractivity contribution in [3.05, 3.63) is 24.0 Å². The van der Waals surface area contributed by atoms with E-state index in [2.05, 4.69) is 24.5 Å². The van der Waals surface area contributed by atoms with Gasteiger partial charge in [0, 0.05) is 12.1 Å². The second-order valence-corrected chi connectivity index (χ2v) is 6.31. The first kappa shape index (κ1) is 16.2. The number of aromatic nitrogens is 2. The lowest BCUT2D eigenvalue weighted by molar-refractivity contribution is 0.415. The van der Waals surface area contributed by atoms with E-state index in [0.29, 0.717) is 6.04 Å². The van der Waals surface area contributed by atoms with Crippen molar-refractivity contribution in [2.45, 2.75) is 57.9 Å². The first-order valence-electron chi connectivity index (χ1n) is 7.78. The highest BCUT2D eigenvalue weighted by atomic mass is 35.5. The first-order valence-corrected chi connectivity index (χ1v) is 8.22. The van der Waals surface area contributed by atoms with Crippen LogP contribution in [0.3, 0.4) is 0 Å². The molecule has 0 spiro atoms. The topological polar surface area (TPSA) is 27.1 Å². The minimum absolute atomic E-state index is 0.1000. The number of hydrogen-bond donors (Lipinski definition) is 0. The number of hydrogen-bond acceptors (Lipinski definition) is 2. The lowest BCUT2D eigenvalue weighted by Crippen LogP contribution is -2.10. The fraction of sp³-hybridized carbons (Fsp3) is 0.588. The predicted molar refractivity (Wildman–Crippen MR) is 89.4 cm³/mol. The highest BCUT2D eigenvalue weighted by Gasteiger charge is 2.19. The van der Waals surface area contributed by atoms with Crippen molar-refractivity contribution in [1.82, 2.24) is 9.55 Å². The number of unbranched alkanes of at least 4 members (excludes halogenated alkanes) is 2. The van der Waals surface area contributed by atoms with Crippen molar-refractivity contribution in [2.75, 3.05) is 7.11 Å². The van der Waals surface area contributed by atoms with Gasteiger partial charge in [0.2, 0.25) is 0 Å². The van der Waals surface area contributed by atoms with Gasteiger partial charge in [-0.05, 0) is 32.4 Å². The molecule has 2 atom stereocenters. The van der Waals surface area contributed by atoms with Crippen LogP contribution in [0.25, 0.3) is 11.0 Å². The Balaban J connectivity index is 2.41. The lowest BCUT2D eigenvalue weighted by Gasteiger charge is -2.18. The summed E-state index contributed by atoms with van der Waals surface area (Å²) in [6, 6.07) is 6.46. The van der Waals surface area contributed by atoms with Crippen LogP contribution in [0.2, 0.25) is 0 Å². The van der Waals surface area contributed by atoms with Gasteiger partial charge in [-0.1, -0.05) is 26.2 Å². The van der Waals surface area contributed by atoms with Crippen molar-refractivity contribution in [1.29, 1.82) is 0 Å². The summed E-state index contributed by atoms with van der Waals surface area (Å²) in [5.74, 6) is 1.78. The van der Waals surface area contributed by atoms with Crippen molar-refractivity contribution in [3.63, 3.8) is 0 Å². The van der Waals surface area contributed by atoms with Crippen LogP contribution < -0.4 is 4.74 Å². The molecule has 4 heteroatoms. The van der Waals surface area contributed by atoms with Crippen LogP contribution in [0.15, 0.2) is 18.2 Å². The van der Waals surface area contributed by atoms with Crippen LogP contribution >= 0.6 is 11.6 Å². The fourth-order valence-corrected chi connectivity index (χ4v) is 2.94. The molecule has 2 unspecified atom stereocenters. The monoisotopic (exact) mass is 308 g/mol. The minimum atomic E-state index is -0.1000. The van der Waals surface area contributed by atoms with Crippen molar-refractivity contribution >= 4 is 22.6 Å². The number of nitrogens with zero attached hydrogens (tertiary/aromatic N) is 2. The molecule has 0 fully saturated rings. The Morgan fingerprint density at radius 2 is 2.05 bits per heavy atom. The van der Waals surface area contributed by atoms with E-state index < -0.39 is 0 Å². The molecule has 21 heavy (non-hydrogen) atoms. The standard InChI is InChI=1S/C17H25ClN2O/c1-5-6-7-8-12(2)20-16-10-9-14(21-4)11-15(16)19-17(20)13(3)18/h9-13H,5-8H2,1-4H3. The number of halogens is 1. The van der Waals surface area contributed by atoms with Crippen LogP contribution in [0, 0.1) is 0 Å². The van der Waals surface area contributed by atoms with Crippen LogP contribution in [-0.4, -0.2) is 16.7 Å². The Kier molecular flexibility index (Phi) is 5.51. The number of rotatable bonds is 7. The molecule has 2 rings (SSSR count). The normalized spacial score (nSPS) is 14.3. The Bertz CT molecular complexity index is 592. The molecule has 0 radical (unpaired) electrons. The van der Waals surface area contributed by atoms with Crippen LogP contribution in [-0.2, 0) is 0 Å².